The third kappa shape index (κ3) is 5.01. The molecule has 0 spiro atoms. The summed E-state index contributed by atoms with van der Waals surface area (Å²) in [7, 11) is 0. The molecule has 0 aliphatic rings. The fourth-order valence-electron chi connectivity index (χ4n) is 1.21. The molecular weight excluding hydrogens is 252 g/mol. The van der Waals surface area contributed by atoms with E-state index in [0.717, 1.165) is 31.2 Å². The second-order valence-electron chi connectivity index (χ2n) is 4.05. The maximum Gasteiger partial charge on any atom is 0.221 e. The normalized spacial score (nSPS) is 12.6. The molecule has 1 aromatic rings. The lowest BCUT2D eigenvalue weighted by atomic mass is 10.2. The monoisotopic (exact) mass is 272 g/mol. The van der Waals surface area contributed by atoms with Gasteiger partial charge in [-0.25, -0.2) is 4.68 Å². The number of tetrazole rings is 1. The Labute approximate surface area is 111 Å². The highest BCUT2D eigenvalue weighted by molar-refractivity contribution is 7.99. The van der Waals surface area contributed by atoms with Crippen molar-refractivity contribution in [3.63, 3.8) is 0 Å². The number of nitrogens with one attached hydrogen (secondary N) is 1. The van der Waals surface area contributed by atoms with Gasteiger partial charge in [-0.15, -0.1) is 5.10 Å². The van der Waals surface area contributed by atoms with E-state index in [2.05, 4.69) is 27.8 Å². The fraction of sp³-hybridized carbons (Fsp3) is 0.800. The van der Waals surface area contributed by atoms with E-state index in [1.165, 1.54) is 11.8 Å². The van der Waals surface area contributed by atoms with Gasteiger partial charge in [-0.2, -0.15) is 0 Å². The van der Waals surface area contributed by atoms with Gasteiger partial charge >= 0.3 is 0 Å². The minimum atomic E-state index is -0.300. The fourth-order valence-corrected chi connectivity index (χ4v) is 2.14. The van der Waals surface area contributed by atoms with Gasteiger partial charge in [0.1, 0.15) is 0 Å². The molecule has 1 atom stereocenters. The van der Waals surface area contributed by atoms with Gasteiger partial charge in [0.05, 0.1) is 6.54 Å². The van der Waals surface area contributed by atoms with E-state index in [9.17, 15) is 4.79 Å². The number of primary amides is 1. The third-order valence-corrected chi connectivity index (χ3v) is 3.59. The van der Waals surface area contributed by atoms with Crippen molar-refractivity contribution in [3.05, 3.63) is 0 Å². The van der Waals surface area contributed by atoms with Crippen molar-refractivity contribution in [3.8, 4) is 0 Å². The number of amides is 1. The van der Waals surface area contributed by atoms with Crippen molar-refractivity contribution in [1.82, 2.24) is 25.5 Å². The lowest BCUT2D eigenvalue weighted by Gasteiger charge is -2.07. The van der Waals surface area contributed by atoms with Crippen LogP contribution in [-0.4, -0.2) is 45.0 Å². The van der Waals surface area contributed by atoms with E-state index in [1.807, 2.05) is 0 Å². The predicted octanol–water partition coefficient (Wildman–Crippen LogP) is -0.114. The number of aromatic nitrogens is 4. The van der Waals surface area contributed by atoms with Gasteiger partial charge in [0.2, 0.25) is 11.1 Å². The Morgan fingerprint density at radius 2 is 2.33 bits per heavy atom. The molecule has 1 rings (SSSR count). The Kier molecular flexibility index (Phi) is 6.66. The Morgan fingerprint density at radius 1 is 1.56 bits per heavy atom. The number of thioether (sulfide) groups is 1. The van der Waals surface area contributed by atoms with Gasteiger partial charge < -0.3 is 11.1 Å². The number of carbonyl (C=O) groups excluding carboxylic acids is 1. The molecule has 0 fully saturated rings. The van der Waals surface area contributed by atoms with Gasteiger partial charge in [0.25, 0.3) is 0 Å². The summed E-state index contributed by atoms with van der Waals surface area (Å²) >= 11 is 1.45. The van der Waals surface area contributed by atoms with Crippen LogP contribution in [0.25, 0.3) is 0 Å². The van der Waals surface area contributed by atoms with Crippen LogP contribution in [0.4, 0.5) is 0 Å². The van der Waals surface area contributed by atoms with Crippen molar-refractivity contribution < 1.29 is 4.79 Å². The van der Waals surface area contributed by atoms with E-state index >= 15 is 0 Å². The molecule has 1 aromatic heterocycles. The first-order chi connectivity index (χ1) is 8.65. The van der Waals surface area contributed by atoms with Crippen LogP contribution in [0.15, 0.2) is 5.16 Å². The molecule has 0 saturated heterocycles. The topological polar surface area (TPSA) is 98.7 Å². The molecule has 1 amide bonds. The molecular formula is C10H20N6OS. The second-order valence-corrected chi connectivity index (χ2v) is 5.04. The Hall–Kier alpha value is -1.15. The number of nitrogens with two attached hydrogens (primary N) is 1. The van der Waals surface area contributed by atoms with E-state index in [1.54, 1.807) is 11.6 Å². The van der Waals surface area contributed by atoms with Crippen LogP contribution in [0, 0.1) is 5.92 Å². The van der Waals surface area contributed by atoms with Crippen LogP contribution >= 0.6 is 11.8 Å². The molecule has 3 N–H and O–H groups in total. The summed E-state index contributed by atoms with van der Waals surface area (Å²) in [4.78, 5) is 10.9. The van der Waals surface area contributed by atoms with Gasteiger partial charge in [0, 0.05) is 18.2 Å². The van der Waals surface area contributed by atoms with Gasteiger partial charge in [-0.1, -0.05) is 25.6 Å². The Balaban J connectivity index is 2.37. The predicted molar refractivity (Wildman–Crippen MR) is 70.1 cm³/mol. The van der Waals surface area contributed by atoms with Crippen molar-refractivity contribution in [2.75, 3.05) is 18.8 Å². The maximum absolute atomic E-state index is 10.9. The van der Waals surface area contributed by atoms with Crippen LogP contribution < -0.4 is 11.1 Å². The van der Waals surface area contributed by atoms with Crippen LogP contribution in [0.3, 0.4) is 0 Å². The average molecular weight is 272 g/mol. The van der Waals surface area contributed by atoms with Crippen LogP contribution in [0.5, 0.6) is 0 Å². The summed E-state index contributed by atoms with van der Waals surface area (Å²) in [6.45, 7) is 6.46. The minimum Gasteiger partial charge on any atom is -0.369 e. The Bertz CT molecular complexity index is 369. The zero-order valence-corrected chi connectivity index (χ0v) is 11.6. The first kappa shape index (κ1) is 14.9. The highest BCUT2D eigenvalue weighted by Crippen LogP contribution is 2.16. The number of rotatable bonds is 9. The van der Waals surface area contributed by atoms with Crippen LogP contribution in [-0.2, 0) is 11.3 Å². The van der Waals surface area contributed by atoms with Crippen LogP contribution in [0.1, 0.15) is 20.3 Å². The van der Waals surface area contributed by atoms with Crippen LogP contribution in [0.2, 0.25) is 0 Å². The molecule has 0 aromatic carbocycles. The zero-order valence-electron chi connectivity index (χ0n) is 10.8. The summed E-state index contributed by atoms with van der Waals surface area (Å²) in [6, 6.07) is 0. The van der Waals surface area contributed by atoms with Gasteiger partial charge in [-0.3, -0.25) is 4.79 Å². The summed E-state index contributed by atoms with van der Waals surface area (Å²) in [6.07, 6.45) is 1.10. The standard InChI is InChI=1S/C10H20N6OS/c1-3-4-12-5-6-16-10(13-14-15-16)18-7-8(2)9(11)17/h8,12H,3-7H2,1-2H3,(H2,11,17). The van der Waals surface area contributed by atoms with Crippen molar-refractivity contribution >= 4 is 17.7 Å². The largest absolute Gasteiger partial charge is 0.369 e. The van der Waals surface area contributed by atoms with Gasteiger partial charge in [0.15, 0.2) is 0 Å². The lowest BCUT2D eigenvalue weighted by molar-refractivity contribution is -0.120. The third-order valence-electron chi connectivity index (χ3n) is 2.37. The quantitative estimate of drug-likeness (QED) is 0.480. The number of hydrogen-bond donors (Lipinski definition) is 2. The summed E-state index contributed by atoms with van der Waals surface area (Å²) < 4.78 is 1.74. The molecule has 102 valence electrons. The second kappa shape index (κ2) is 8.04. The summed E-state index contributed by atoms with van der Waals surface area (Å²) in [5.74, 6) is 0.113. The highest BCUT2D eigenvalue weighted by atomic mass is 32.2. The molecule has 0 saturated carbocycles. The minimum absolute atomic E-state index is 0.182. The Morgan fingerprint density at radius 3 is 3.00 bits per heavy atom. The first-order valence-electron chi connectivity index (χ1n) is 6.04. The molecule has 1 heterocycles. The van der Waals surface area contributed by atoms with E-state index in [0.29, 0.717) is 5.75 Å². The summed E-state index contributed by atoms with van der Waals surface area (Å²) in [5, 5.41) is 15.5. The highest BCUT2D eigenvalue weighted by Gasteiger charge is 2.12. The van der Waals surface area contributed by atoms with Crippen molar-refractivity contribution in [2.45, 2.75) is 32.0 Å². The lowest BCUT2D eigenvalue weighted by Crippen LogP contribution is -2.23. The first-order valence-corrected chi connectivity index (χ1v) is 7.02. The molecule has 1 unspecified atom stereocenters. The van der Waals surface area contributed by atoms with Crippen molar-refractivity contribution in [1.29, 1.82) is 0 Å². The molecule has 7 nitrogen and oxygen atoms in total. The molecule has 8 heteroatoms. The smallest absolute Gasteiger partial charge is 0.221 e. The molecule has 0 aliphatic carbocycles. The number of nitrogens with zero attached hydrogens (tertiary/aromatic N) is 4. The number of carbonyl (C=O) groups is 1. The van der Waals surface area contributed by atoms with E-state index in [4.69, 9.17) is 5.73 Å². The maximum atomic E-state index is 10.9. The molecule has 0 aliphatic heterocycles. The molecule has 18 heavy (non-hydrogen) atoms. The van der Waals surface area contributed by atoms with E-state index < -0.39 is 0 Å². The van der Waals surface area contributed by atoms with Crippen molar-refractivity contribution in [2.24, 2.45) is 11.7 Å². The average Bonchev–Trinajstić information content (AvgIpc) is 2.79. The molecule has 0 radical (unpaired) electrons. The van der Waals surface area contributed by atoms with E-state index in [-0.39, 0.29) is 11.8 Å². The van der Waals surface area contributed by atoms with Gasteiger partial charge in [-0.05, 0) is 23.4 Å². The SMILES string of the molecule is CCCNCCn1nnnc1SCC(C)C(N)=O. The molecule has 0 bridgehead atoms. The summed E-state index contributed by atoms with van der Waals surface area (Å²) in [5.41, 5.74) is 5.21. The zero-order chi connectivity index (χ0) is 13.4. The number of hydrogen-bond acceptors (Lipinski definition) is 6.